The normalized spacial score (nSPS) is 18.9. The number of nitrogens with one attached hydrogen (secondary N) is 6. The van der Waals surface area contributed by atoms with Gasteiger partial charge in [-0.15, -0.1) is 0 Å². The third kappa shape index (κ3) is 15.2. The monoisotopic (exact) mass is 1380 g/mol. The summed E-state index contributed by atoms with van der Waals surface area (Å²) in [7, 11) is 1.64. The largest absolute Gasteiger partial charge is 0.419 e. The molecule has 29 heteroatoms. The second kappa shape index (κ2) is 28.5. The number of aromatic nitrogens is 11. The van der Waals surface area contributed by atoms with Crippen LogP contribution in [0.5, 0.6) is 0 Å². The molecule has 6 aliphatic rings. The Morgan fingerprint density at radius 2 is 1.10 bits per heavy atom. The van der Waals surface area contributed by atoms with E-state index in [2.05, 4.69) is 81.5 Å². The van der Waals surface area contributed by atoms with E-state index in [1.54, 1.807) is 19.4 Å². The van der Waals surface area contributed by atoms with Crippen molar-refractivity contribution >= 4 is 46.1 Å². The predicted molar refractivity (Wildman–Crippen MR) is 359 cm³/mol. The number of benzene rings is 2. The Bertz CT molecular complexity index is 4530. The lowest BCUT2D eigenvalue weighted by molar-refractivity contribution is -0.139. The average Bonchev–Trinajstić information content (AvgIpc) is 1.70. The molecule has 20 nitrogen and oxygen atoms in total. The van der Waals surface area contributed by atoms with Gasteiger partial charge in [0.05, 0.1) is 57.1 Å². The molecule has 0 radical (unpaired) electrons. The van der Waals surface area contributed by atoms with Crippen LogP contribution < -0.4 is 31.9 Å². The van der Waals surface area contributed by atoms with Crippen LogP contribution in [0.1, 0.15) is 129 Å². The molecule has 15 rings (SSSR count). The highest BCUT2D eigenvalue weighted by molar-refractivity contribution is 7.09. The van der Waals surface area contributed by atoms with Crippen LogP contribution in [-0.2, 0) is 42.3 Å². The van der Waals surface area contributed by atoms with Gasteiger partial charge < -0.3 is 45.7 Å². The zero-order valence-corrected chi connectivity index (χ0v) is 55.8. The molecule has 3 aliphatic carbocycles. The number of pyridine rings is 1. The van der Waals surface area contributed by atoms with Crippen molar-refractivity contribution < 1.29 is 48.9 Å². The topological polar surface area (TPSA) is 249 Å². The van der Waals surface area contributed by atoms with Gasteiger partial charge in [0.15, 0.2) is 0 Å². The molecule has 3 fully saturated rings. The van der Waals surface area contributed by atoms with E-state index in [1.165, 1.54) is 17.7 Å². The van der Waals surface area contributed by atoms with Gasteiger partial charge in [-0.25, -0.2) is 43.7 Å². The molecular formula is C70H71F8N17O3S. The van der Waals surface area contributed by atoms with Crippen molar-refractivity contribution in [1.82, 2.24) is 70.5 Å². The molecule has 7 aromatic heterocycles. The van der Waals surface area contributed by atoms with Crippen molar-refractivity contribution in [2.45, 2.75) is 128 Å². The summed E-state index contributed by atoms with van der Waals surface area (Å²) in [4.78, 5) is 34.5. The molecule has 99 heavy (non-hydrogen) atoms. The maximum absolute atomic E-state index is 14.5. The van der Waals surface area contributed by atoms with Crippen molar-refractivity contribution in [2.75, 3.05) is 62.3 Å². The molecule has 516 valence electrons. The van der Waals surface area contributed by atoms with E-state index in [1.807, 2.05) is 88.4 Å². The molecule has 4 atom stereocenters. The highest BCUT2D eigenvalue weighted by Gasteiger charge is 2.40. The van der Waals surface area contributed by atoms with Crippen molar-refractivity contribution in [2.24, 2.45) is 0 Å². The quantitative estimate of drug-likeness (QED) is 0.0554. The maximum Gasteiger partial charge on any atom is 0.419 e. The molecular weight excluding hydrogens is 1310 g/mol. The first-order chi connectivity index (χ1) is 47.5. The number of halogens is 8. The summed E-state index contributed by atoms with van der Waals surface area (Å²) in [6.45, 7) is 13.1. The number of rotatable bonds is 14. The molecule has 6 N–H and O–H groups in total. The highest BCUT2D eigenvalue weighted by Crippen LogP contribution is 2.45. The van der Waals surface area contributed by atoms with Crippen molar-refractivity contribution in [1.29, 1.82) is 0 Å². The maximum atomic E-state index is 14.5. The van der Waals surface area contributed by atoms with Gasteiger partial charge in [-0.05, 0) is 137 Å². The Balaban J connectivity index is 0.000000134. The van der Waals surface area contributed by atoms with E-state index < -0.39 is 29.4 Å². The van der Waals surface area contributed by atoms with Crippen LogP contribution in [0.2, 0.25) is 0 Å². The molecule has 0 amide bonds. The highest BCUT2D eigenvalue weighted by atomic mass is 32.1. The summed E-state index contributed by atoms with van der Waals surface area (Å²) < 4.78 is 132. The van der Waals surface area contributed by atoms with Crippen LogP contribution >= 0.6 is 11.5 Å². The number of nitrogens with zero attached hydrogens (tertiary/aromatic N) is 11. The summed E-state index contributed by atoms with van der Waals surface area (Å²) in [5.74, 6) is -0.923. The molecule has 3 aliphatic heterocycles. The number of alkyl halides is 8. The minimum Gasteiger partial charge on any atom is -0.380 e. The minimum absolute atomic E-state index is 0.0199. The van der Waals surface area contributed by atoms with Gasteiger partial charge in [0.1, 0.15) is 34.0 Å². The molecule has 10 heterocycles. The standard InChI is InChI=1S/C25H26F3N5O2.C23H24F2N6O.C22H21F3N6S/c1-13-22(14(2)35-33-13)16-5-6-19-15(8-16)4-7-20(19)23-21(25(26,27)28)12-30-24(32-23)31-17-9-18(34-3)11-29-10-17;1-13-17(12-32-31-13)20-7-5-15-16(6-8-19(15)29-20)21-18(23(2,24)25)11-27-22(30-21)28-14-4-3-9-26-10-14;1-12-28-20(32-31-12)14-5-6-16-13(9-14)4-7-17(16)19-18(22(23,24)25)11-27-21(30-19)29-15-3-2-8-26-10-15/h5-8,12,17-18,29H,4,9-11H2,1-3H3,(H,30,31,32);5-7,11-12,14,26H,3-4,8-10H2,1-2H3,(H,27,28,30);5-7,9,11,15,26H,2-4,8,10H2,1H3,(H,27,29,30)/t17-,18+;14-;15-/m000/s1. The lowest BCUT2D eigenvalue weighted by Crippen LogP contribution is -2.46. The molecule has 0 saturated carbocycles. The summed E-state index contributed by atoms with van der Waals surface area (Å²) in [5.41, 5.74) is 10.6. The van der Waals surface area contributed by atoms with Gasteiger partial charge in [0, 0.05) is 117 Å². The van der Waals surface area contributed by atoms with Crippen molar-refractivity contribution in [3.05, 3.63) is 182 Å². The fraction of sp³-hybridized carbons (Fsp3) is 0.386. The summed E-state index contributed by atoms with van der Waals surface area (Å²) >= 11 is 1.31. The minimum atomic E-state index is -4.58. The van der Waals surface area contributed by atoms with E-state index in [9.17, 15) is 35.1 Å². The van der Waals surface area contributed by atoms with Gasteiger partial charge in [0.2, 0.25) is 17.8 Å². The molecule has 2 aromatic carbocycles. The zero-order valence-electron chi connectivity index (χ0n) is 54.9. The summed E-state index contributed by atoms with van der Waals surface area (Å²) in [6, 6.07) is 15.4. The third-order valence-corrected chi connectivity index (χ3v) is 19.0. The fourth-order valence-corrected chi connectivity index (χ4v) is 13.9. The van der Waals surface area contributed by atoms with Crippen LogP contribution in [0, 0.1) is 27.7 Å². The predicted octanol–water partition coefficient (Wildman–Crippen LogP) is 13.1. The number of fused-ring (bicyclic) bond motifs is 3. The van der Waals surface area contributed by atoms with Crippen LogP contribution in [0.25, 0.3) is 49.7 Å². The number of piperidine rings is 3. The Hall–Kier alpha value is -9.29. The average molecular weight is 1380 g/mol. The van der Waals surface area contributed by atoms with E-state index in [-0.39, 0.29) is 58.8 Å². The number of anilines is 3. The number of ether oxygens (including phenoxy) is 1. The molecule has 3 saturated heterocycles. The molecule has 9 aromatic rings. The first-order valence-corrected chi connectivity index (χ1v) is 33.4. The number of hydrogen-bond acceptors (Lipinski definition) is 21. The first-order valence-electron chi connectivity index (χ1n) is 32.6. The van der Waals surface area contributed by atoms with E-state index in [0.717, 1.165) is 156 Å². The second-order valence-corrected chi connectivity index (χ2v) is 26.0. The Morgan fingerprint density at radius 1 is 0.566 bits per heavy atom. The van der Waals surface area contributed by atoms with Gasteiger partial charge in [-0.2, -0.15) is 30.7 Å². The number of methoxy groups -OCH3 is 1. The summed E-state index contributed by atoms with van der Waals surface area (Å²) in [6.07, 6.45) is 7.20. The zero-order chi connectivity index (χ0) is 69.3. The third-order valence-electron chi connectivity index (χ3n) is 18.2. The number of allylic oxidation sites excluding steroid dienone is 3. The lowest BCUT2D eigenvalue weighted by atomic mass is 9.95. The second-order valence-electron chi connectivity index (χ2n) is 25.3. The number of hydrogen-bond donors (Lipinski definition) is 6. The van der Waals surface area contributed by atoms with Crippen LogP contribution in [-0.4, -0.2) is 125 Å². The Morgan fingerprint density at radius 3 is 1.62 bits per heavy atom. The van der Waals surface area contributed by atoms with Crippen LogP contribution in [0.15, 0.2) is 101 Å². The Kier molecular flexibility index (Phi) is 19.7. The molecule has 0 spiro atoms. The summed E-state index contributed by atoms with van der Waals surface area (Å²) in [5, 5.41) is 28.2. The first kappa shape index (κ1) is 68.2. The van der Waals surface area contributed by atoms with E-state index in [0.29, 0.717) is 66.5 Å². The van der Waals surface area contributed by atoms with Gasteiger partial charge >= 0.3 is 12.4 Å². The van der Waals surface area contributed by atoms with Gasteiger partial charge in [-0.1, -0.05) is 64.9 Å². The lowest BCUT2D eigenvalue weighted by Gasteiger charge is -2.29. The van der Waals surface area contributed by atoms with E-state index >= 15 is 0 Å². The van der Waals surface area contributed by atoms with Gasteiger partial charge in [0.25, 0.3) is 5.92 Å². The van der Waals surface area contributed by atoms with Crippen molar-refractivity contribution in [3.63, 3.8) is 0 Å². The molecule has 0 bridgehead atoms. The van der Waals surface area contributed by atoms with E-state index in [4.69, 9.17) is 18.8 Å². The number of aryl methyl sites for hydroxylation is 4. The fourth-order valence-electron chi connectivity index (χ4n) is 13.3. The van der Waals surface area contributed by atoms with Crippen molar-refractivity contribution in [3.8, 4) is 33.0 Å². The SMILES string of the molecule is CO[C@H]1CNC[C@@H](Nc2ncc(C(F)(F)F)c(C3=CCc4cc(-c5c(C)noc5C)ccc43)n2)C1.Cc1nocc1-c1ccc2c(n1)CC=C2c1nc(N[C@H]2CCCNC2)ncc1C(C)(F)F.Cc1nsc(-c2ccc3c(c2)CC=C3c2nc(N[C@H]3CCCNC3)ncc2C(F)(F)F)n1. The molecule has 0 unspecified atom stereocenters. The van der Waals surface area contributed by atoms with Crippen LogP contribution in [0.3, 0.4) is 0 Å². The van der Waals surface area contributed by atoms with Crippen LogP contribution in [0.4, 0.5) is 53.0 Å². The Labute approximate surface area is 568 Å². The smallest absolute Gasteiger partial charge is 0.380 e. The van der Waals surface area contributed by atoms with Gasteiger partial charge in [-0.3, -0.25) is 4.98 Å².